The summed E-state index contributed by atoms with van der Waals surface area (Å²) in [6.07, 6.45) is 3.18. The molecule has 0 aliphatic carbocycles. The van der Waals surface area contributed by atoms with E-state index in [9.17, 15) is 4.79 Å². The van der Waals surface area contributed by atoms with Crippen LogP contribution in [0.2, 0.25) is 0 Å². The van der Waals surface area contributed by atoms with Gasteiger partial charge in [0, 0.05) is 12.4 Å². The largest absolute Gasteiger partial charge is 0.330 e. The molecule has 0 saturated carbocycles. The average Bonchev–Trinajstić information content (AvgIpc) is 2.65. The molecule has 2 aromatic rings. The molecule has 1 aromatic heterocycles. The Bertz CT molecular complexity index is 545. The maximum absolute atomic E-state index is 11.2. The minimum Gasteiger partial charge on any atom is -0.312 e. The van der Waals surface area contributed by atoms with Gasteiger partial charge in [-0.3, -0.25) is 4.57 Å². The van der Waals surface area contributed by atoms with Gasteiger partial charge in [0.1, 0.15) is 0 Å². The third-order valence-electron chi connectivity index (χ3n) is 1.90. The summed E-state index contributed by atoms with van der Waals surface area (Å²) in [5, 5.41) is 8.68. The van der Waals surface area contributed by atoms with Gasteiger partial charge in [0.25, 0.3) is 0 Å². The van der Waals surface area contributed by atoms with Crippen LogP contribution in [0.4, 0.5) is 0 Å². The molecule has 1 heterocycles. The normalized spacial score (nSPS) is 9.64. The van der Waals surface area contributed by atoms with Gasteiger partial charge in [-0.25, -0.2) is 4.79 Å². The van der Waals surface area contributed by atoms with Crippen LogP contribution in [0.15, 0.2) is 41.5 Å². The summed E-state index contributed by atoms with van der Waals surface area (Å²) < 4.78 is 1.45. The van der Waals surface area contributed by atoms with Gasteiger partial charge in [-0.2, -0.15) is 5.26 Å². The molecular formula is C10H7N3O. The third-order valence-corrected chi connectivity index (χ3v) is 1.90. The first-order valence-corrected chi connectivity index (χ1v) is 4.08. The van der Waals surface area contributed by atoms with Crippen molar-refractivity contribution in [2.75, 3.05) is 0 Å². The van der Waals surface area contributed by atoms with Crippen LogP contribution in [0.25, 0.3) is 5.69 Å². The number of imidazole rings is 1. The smallest absolute Gasteiger partial charge is 0.312 e. The van der Waals surface area contributed by atoms with Crippen molar-refractivity contribution in [3.8, 4) is 11.8 Å². The van der Waals surface area contributed by atoms with E-state index in [4.69, 9.17) is 5.26 Å². The first kappa shape index (κ1) is 8.32. The molecule has 0 amide bonds. The van der Waals surface area contributed by atoms with Crippen molar-refractivity contribution in [3.05, 3.63) is 52.7 Å². The summed E-state index contributed by atoms with van der Waals surface area (Å²) in [6.45, 7) is 0. The highest BCUT2D eigenvalue weighted by atomic mass is 16.1. The Balaban J connectivity index is 2.59. The number of H-pyrrole nitrogens is 1. The Morgan fingerprint density at radius 1 is 1.43 bits per heavy atom. The molecule has 68 valence electrons. The standard InChI is InChI=1S/C10H7N3O/c11-7-8-2-1-3-9(6-8)13-5-4-12-10(13)14/h1-6H,(H,12,14). The monoisotopic (exact) mass is 185 g/mol. The molecule has 1 aromatic carbocycles. The van der Waals surface area contributed by atoms with Gasteiger partial charge in [0.05, 0.1) is 17.3 Å². The summed E-state index contributed by atoms with van der Waals surface area (Å²) in [7, 11) is 0. The van der Waals surface area contributed by atoms with Crippen molar-refractivity contribution in [1.29, 1.82) is 5.26 Å². The lowest BCUT2D eigenvalue weighted by Crippen LogP contribution is -2.13. The van der Waals surface area contributed by atoms with E-state index in [0.717, 1.165) is 0 Å². The highest BCUT2D eigenvalue weighted by Crippen LogP contribution is 2.07. The zero-order valence-electron chi connectivity index (χ0n) is 7.27. The van der Waals surface area contributed by atoms with E-state index >= 15 is 0 Å². The van der Waals surface area contributed by atoms with Crippen LogP contribution >= 0.6 is 0 Å². The van der Waals surface area contributed by atoms with Crippen molar-refractivity contribution >= 4 is 0 Å². The number of rotatable bonds is 1. The van der Waals surface area contributed by atoms with E-state index < -0.39 is 0 Å². The second kappa shape index (κ2) is 3.23. The third kappa shape index (κ3) is 1.31. The highest BCUT2D eigenvalue weighted by Gasteiger charge is 1.99. The number of benzene rings is 1. The lowest BCUT2D eigenvalue weighted by atomic mass is 10.2. The molecule has 0 bridgehead atoms. The summed E-state index contributed by atoms with van der Waals surface area (Å²) >= 11 is 0. The van der Waals surface area contributed by atoms with Crippen LogP contribution in [0.5, 0.6) is 0 Å². The fraction of sp³-hybridized carbons (Fsp3) is 0. The van der Waals surface area contributed by atoms with Crippen LogP contribution in [-0.2, 0) is 0 Å². The van der Waals surface area contributed by atoms with Gasteiger partial charge in [-0.05, 0) is 18.2 Å². The molecule has 0 unspecified atom stereocenters. The van der Waals surface area contributed by atoms with Crippen molar-refractivity contribution in [2.45, 2.75) is 0 Å². The second-order valence-corrected chi connectivity index (χ2v) is 2.80. The number of hydrogen-bond donors (Lipinski definition) is 1. The summed E-state index contributed by atoms with van der Waals surface area (Å²) in [5.74, 6) is 0. The quantitative estimate of drug-likeness (QED) is 0.721. The maximum Gasteiger partial charge on any atom is 0.330 e. The molecule has 0 atom stereocenters. The fourth-order valence-electron chi connectivity index (χ4n) is 1.25. The first-order chi connectivity index (χ1) is 6.81. The average molecular weight is 185 g/mol. The number of aromatic amines is 1. The fourth-order valence-corrected chi connectivity index (χ4v) is 1.25. The van der Waals surface area contributed by atoms with E-state index in [2.05, 4.69) is 4.98 Å². The van der Waals surface area contributed by atoms with Crippen molar-refractivity contribution < 1.29 is 0 Å². The van der Waals surface area contributed by atoms with Gasteiger partial charge in [-0.1, -0.05) is 6.07 Å². The second-order valence-electron chi connectivity index (χ2n) is 2.80. The van der Waals surface area contributed by atoms with E-state index in [1.807, 2.05) is 6.07 Å². The number of nitriles is 1. The van der Waals surface area contributed by atoms with Gasteiger partial charge in [0.2, 0.25) is 0 Å². The summed E-state index contributed by atoms with van der Waals surface area (Å²) in [4.78, 5) is 13.8. The molecule has 0 saturated heterocycles. The zero-order chi connectivity index (χ0) is 9.97. The van der Waals surface area contributed by atoms with Crippen molar-refractivity contribution in [3.63, 3.8) is 0 Å². The molecule has 0 aliphatic rings. The van der Waals surface area contributed by atoms with E-state index in [1.54, 1.807) is 36.7 Å². The van der Waals surface area contributed by atoms with Crippen LogP contribution in [-0.4, -0.2) is 9.55 Å². The van der Waals surface area contributed by atoms with E-state index in [0.29, 0.717) is 11.3 Å². The van der Waals surface area contributed by atoms with Gasteiger partial charge in [0.15, 0.2) is 0 Å². The minimum absolute atomic E-state index is 0.208. The molecule has 0 aliphatic heterocycles. The molecule has 14 heavy (non-hydrogen) atoms. The zero-order valence-corrected chi connectivity index (χ0v) is 7.27. The van der Waals surface area contributed by atoms with E-state index in [1.165, 1.54) is 4.57 Å². The van der Waals surface area contributed by atoms with Crippen molar-refractivity contribution in [1.82, 2.24) is 9.55 Å². The minimum atomic E-state index is -0.208. The molecule has 1 N–H and O–H groups in total. The predicted molar refractivity (Wildman–Crippen MR) is 51.1 cm³/mol. The first-order valence-electron chi connectivity index (χ1n) is 4.08. The van der Waals surface area contributed by atoms with Crippen LogP contribution < -0.4 is 5.69 Å². The molecular weight excluding hydrogens is 178 g/mol. The number of nitrogens with zero attached hydrogens (tertiary/aromatic N) is 2. The summed E-state index contributed by atoms with van der Waals surface area (Å²) in [5.41, 5.74) is 1.02. The molecule has 4 heteroatoms. The van der Waals surface area contributed by atoms with Gasteiger partial charge >= 0.3 is 5.69 Å². The number of nitrogens with one attached hydrogen (secondary N) is 1. The molecule has 0 radical (unpaired) electrons. The Morgan fingerprint density at radius 3 is 2.93 bits per heavy atom. The predicted octanol–water partition coefficient (Wildman–Crippen LogP) is 1.04. The Labute approximate surface area is 80.0 Å². The lowest BCUT2D eigenvalue weighted by molar-refractivity contribution is 0.986. The maximum atomic E-state index is 11.2. The van der Waals surface area contributed by atoms with Crippen LogP contribution in [0.3, 0.4) is 0 Å². The Kier molecular flexibility index (Phi) is 1.92. The molecule has 2 rings (SSSR count). The highest BCUT2D eigenvalue weighted by molar-refractivity contribution is 5.41. The van der Waals surface area contributed by atoms with Crippen LogP contribution in [0, 0.1) is 11.3 Å². The number of aromatic nitrogens is 2. The topological polar surface area (TPSA) is 61.6 Å². The van der Waals surface area contributed by atoms with Gasteiger partial charge < -0.3 is 4.98 Å². The number of hydrogen-bond acceptors (Lipinski definition) is 2. The Hall–Kier alpha value is -2.28. The van der Waals surface area contributed by atoms with Crippen molar-refractivity contribution in [2.24, 2.45) is 0 Å². The molecule has 4 nitrogen and oxygen atoms in total. The SMILES string of the molecule is N#Cc1cccc(-n2cc[nH]c2=O)c1. The van der Waals surface area contributed by atoms with E-state index in [-0.39, 0.29) is 5.69 Å². The summed E-state index contributed by atoms with van der Waals surface area (Å²) in [6, 6.07) is 8.90. The molecule has 0 fully saturated rings. The Morgan fingerprint density at radius 2 is 2.29 bits per heavy atom. The van der Waals surface area contributed by atoms with Gasteiger partial charge in [-0.15, -0.1) is 0 Å². The molecule has 0 spiro atoms. The lowest BCUT2D eigenvalue weighted by Gasteiger charge is -1.99. The van der Waals surface area contributed by atoms with Crippen LogP contribution in [0.1, 0.15) is 5.56 Å².